The van der Waals surface area contributed by atoms with Crippen LogP contribution in [0.4, 0.5) is 20.3 Å². The standard InChI is InChI=1S/C19H18F2N4O4/c20-19(21)29-16-4-2-1-3-14(16)5-8-18(26)24-11-9-23(10-12-24)17-7-6-15(13-22-17)25(27)28/h1-8,13,19H,9-12H2/b8-5-. The molecule has 1 aromatic carbocycles. The number of hydrogen-bond donors (Lipinski definition) is 0. The number of alkyl halides is 2. The minimum atomic E-state index is -2.94. The Hall–Kier alpha value is -3.56. The van der Waals surface area contributed by atoms with E-state index in [0.29, 0.717) is 37.6 Å². The van der Waals surface area contributed by atoms with E-state index in [1.807, 2.05) is 4.90 Å². The van der Waals surface area contributed by atoms with Gasteiger partial charge in [-0.2, -0.15) is 8.78 Å². The van der Waals surface area contributed by atoms with Gasteiger partial charge in [0.05, 0.1) is 4.92 Å². The predicted octanol–water partition coefficient (Wildman–Crippen LogP) is 2.95. The van der Waals surface area contributed by atoms with E-state index in [-0.39, 0.29) is 17.3 Å². The number of carbonyl (C=O) groups is 1. The number of anilines is 1. The molecule has 152 valence electrons. The van der Waals surface area contributed by atoms with Crippen LogP contribution in [0, 0.1) is 10.1 Å². The molecule has 3 rings (SSSR count). The number of halogens is 2. The lowest BCUT2D eigenvalue weighted by atomic mass is 10.2. The van der Waals surface area contributed by atoms with Crippen molar-refractivity contribution >= 4 is 23.5 Å². The van der Waals surface area contributed by atoms with Gasteiger partial charge in [0.2, 0.25) is 5.91 Å². The van der Waals surface area contributed by atoms with Crippen LogP contribution in [0.15, 0.2) is 48.7 Å². The van der Waals surface area contributed by atoms with E-state index in [1.54, 1.807) is 29.2 Å². The molecule has 0 atom stereocenters. The summed E-state index contributed by atoms with van der Waals surface area (Å²) in [6.45, 7) is -1.01. The smallest absolute Gasteiger partial charge is 0.387 e. The zero-order valence-corrected chi connectivity index (χ0v) is 15.3. The van der Waals surface area contributed by atoms with Crippen molar-refractivity contribution in [2.45, 2.75) is 6.61 Å². The van der Waals surface area contributed by atoms with Crippen LogP contribution < -0.4 is 9.64 Å². The fourth-order valence-corrected chi connectivity index (χ4v) is 2.92. The van der Waals surface area contributed by atoms with Gasteiger partial charge < -0.3 is 14.5 Å². The first-order valence-electron chi connectivity index (χ1n) is 8.80. The molecule has 2 aromatic rings. The summed E-state index contributed by atoms with van der Waals surface area (Å²) in [5.41, 5.74) is 0.304. The third-order valence-electron chi connectivity index (χ3n) is 4.40. The Morgan fingerprint density at radius 3 is 2.52 bits per heavy atom. The molecular formula is C19H18F2N4O4. The van der Waals surface area contributed by atoms with E-state index >= 15 is 0 Å². The lowest BCUT2D eigenvalue weighted by molar-refractivity contribution is -0.385. The third-order valence-corrected chi connectivity index (χ3v) is 4.40. The van der Waals surface area contributed by atoms with Crippen LogP contribution in [0.1, 0.15) is 5.56 Å². The Morgan fingerprint density at radius 2 is 1.90 bits per heavy atom. The molecule has 0 radical (unpaired) electrons. The number of nitro groups is 1. The second-order valence-electron chi connectivity index (χ2n) is 6.19. The van der Waals surface area contributed by atoms with Crippen LogP contribution in [0.25, 0.3) is 6.08 Å². The number of nitrogens with zero attached hydrogens (tertiary/aromatic N) is 4. The second-order valence-corrected chi connectivity index (χ2v) is 6.19. The topological polar surface area (TPSA) is 88.8 Å². The molecule has 29 heavy (non-hydrogen) atoms. The Morgan fingerprint density at radius 1 is 1.17 bits per heavy atom. The first kappa shape index (κ1) is 20.2. The summed E-state index contributed by atoms with van der Waals surface area (Å²) in [5, 5.41) is 10.7. The number of para-hydroxylation sites is 1. The lowest BCUT2D eigenvalue weighted by Gasteiger charge is -2.34. The maximum Gasteiger partial charge on any atom is 0.387 e. The van der Waals surface area contributed by atoms with Crippen LogP contribution in [-0.4, -0.2) is 53.5 Å². The van der Waals surface area contributed by atoms with Gasteiger partial charge in [-0.25, -0.2) is 4.98 Å². The number of carbonyl (C=O) groups excluding carboxylic acids is 1. The Kier molecular flexibility index (Phi) is 6.32. The van der Waals surface area contributed by atoms with Gasteiger partial charge in [0.25, 0.3) is 5.69 Å². The molecule has 10 heteroatoms. The van der Waals surface area contributed by atoms with E-state index in [0.717, 1.165) is 0 Å². The van der Waals surface area contributed by atoms with E-state index in [9.17, 15) is 23.7 Å². The van der Waals surface area contributed by atoms with Crippen LogP contribution in [0.2, 0.25) is 0 Å². The third kappa shape index (κ3) is 5.24. The molecule has 1 fully saturated rings. The summed E-state index contributed by atoms with van der Waals surface area (Å²) in [6.07, 6.45) is 3.98. The zero-order valence-electron chi connectivity index (χ0n) is 15.3. The monoisotopic (exact) mass is 404 g/mol. The first-order valence-corrected chi connectivity index (χ1v) is 8.80. The fraction of sp³-hybridized carbons (Fsp3) is 0.263. The van der Waals surface area contributed by atoms with Crippen LogP contribution in [-0.2, 0) is 4.79 Å². The van der Waals surface area contributed by atoms with E-state index in [4.69, 9.17) is 0 Å². The molecule has 0 saturated carbocycles. The van der Waals surface area contributed by atoms with Gasteiger partial charge in [0, 0.05) is 43.9 Å². The van der Waals surface area contributed by atoms with Crippen molar-refractivity contribution in [1.29, 1.82) is 0 Å². The highest BCUT2D eigenvalue weighted by Crippen LogP contribution is 2.22. The average Bonchev–Trinajstić information content (AvgIpc) is 2.72. The summed E-state index contributed by atoms with van der Waals surface area (Å²) in [6, 6.07) is 9.20. The summed E-state index contributed by atoms with van der Waals surface area (Å²) >= 11 is 0. The fourth-order valence-electron chi connectivity index (χ4n) is 2.92. The van der Waals surface area contributed by atoms with Crippen LogP contribution in [0.3, 0.4) is 0 Å². The van der Waals surface area contributed by atoms with Gasteiger partial charge in [-0.1, -0.05) is 18.2 Å². The SMILES string of the molecule is O=C(/C=C\c1ccccc1OC(F)F)N1CCN(c2ccc([N+](=O)[O-])cn2)CC1. The van der Waals surface area contributed by atoms with Gasteiger partial charge in [0.15, 0.2) is 0 Å². The molecule has 1 saturated heterocycles. The lowest BCUT2D eigenvalue weighted by Crippen LogP contribution is -2.48. The highest BCUT2D eigenvalue weighted by Gasteiger charge is 2.21. The van der Waals surface area contributed by atoms with Crippen LogP contribution >= 0.6 is 0 Å². The summed E-state index contributed by atoms with van der Waals surface area (Å²) < 4.78 is 29.4. The zero-order chi connectivity index (χ0) is 20.8. The number of piperazine rings is 1. The number of aromatic nitrogens is 1. The van der Waals surface area contributed by atoms with Crippen LogP contribution in [0.5, 0.6) is 5.75 Å². The van der Waals surface area contributed by atoms with E-state index < -0.39 is 11.5 Å². The first-order chi connectivity index (χ1) is 13.9. The normalized spacial score (nSPS) is 14.4. The van der Waals surface area contributed by atoms with Gasteiger partial charge in [-0.3, -0.25) is 14.9 Å². The Bertz CT molecular complexity index is 897. The molecule has 1 amide bonds. The number of rotatable bonds is 6. The maximum absolute atomic E-state index is 12.5. The highest BCUT2D eigenvalue weighted by molar-refractivity contribution is 5.92. The van der Waals surface area contributed by atoms with Crippen molar-refractivity contribution in [2.24, 2.45) is 0 Å². The molecule has 2 heterocycles. The molecule has 0 N–H and O–H groups in total. The van der Waals surface area contributed by atoms with Crippen molar-refractivity contribution in [2.75, 3.05) is 31.1 Å². The molecule has 0 spiro atoms. The number of benzene rings is 1. The number of ether oxygens (including phenoxy) is 1. The minimum absolute atomic E-state index is 0.000569. The van der Waals surface area contributed by atoms with Crippen molar-refractivity contribution in [3.63, 3.8) is 0 Å². The quantitative estimate of drug-likeness (QED) is 0.418. The predicted molar refractivity (Wildman–Crippen MR) is 102 cm³/mol. The highest BCUT2D eigenvalue weighted by atomic mass is 19.3. The molecule has 0 aliphatic carbocycles. The molecule has 8 nitrogen and oxygen atoms in total. The summed E-state index contributed by atoms with van der Waals surface area (Å²) in [4.78, 5) is 30.3. The van der Waals surface area contributed by atoms with E-state index in [1.165, 1.54) is 30.5 Å². The second kappa shape index (κ2) is 9.09. The van der Waals surface area contributed by atoms with Crippen molar-refractivity contribution in [1.82, 2.24) is 9.88 Å². The molecule has 1 aliphatic rings. The Labute approximate surface area is 165 Å². The Balaban J connectivity index is 1.58. The molecule has 0 bridgehead atoms. The summed E-state index contributed by atoms with van der Waals surface area (Å²) in [7, 11) is 0. The maximum atomic E-state index is 12.5. The van der Waals surface area contributed by atoms with Gasteiger partial charge in [-0.05, 0) is 18.2 Å². The van der Waals surface area contributed by atoms with Crippen molar-refractivity contribution in [3.05, 3.63) is 64.3 Å². The number of hydrogen-bond acceptors (Lipinski definition) is 6. The molecular weight excluding hydrogens is 386 g/mol. The molecule has 0 unspecified atom stereocenters. The molecule has 1 aliphatic heterocycles. The number of pyridine rings is 1. The number of amides is 1. The van der Waals surface area contributed by atoms with Crippen molar-refractivity contribution in [3.8, 4) is 5.75 Å². The van der Waals surface area contributed by atoms with Crippen molar-refractivity contribution < 1.29 is 23.2 Å². The average molecular weight is 404 g/mol. The van der Waals surface area contributed by atoms with E-state index in [2.05, 4.69) is 9.72 Å². The molecule has 1 aromatic heterocycles. The largest absolute Gasteiger partial charge is 0.434 e. The van der Waals surface area contributed by atoms with Gasteiger partial charge >= 0.3 is 6.61 Å². The summed E-state index contributed by atoms with van der Waals surface area (Å²) in [5.74, 6) is 0.366. The minimum Gasteiger partial charge on any atom is -0.434 e. The van der Waals surface area contributed by atoms with Gasteiger partial charge in [-0.15, -0.1) is 0 Å². The van der Waals surface area contributed by atoms with Gasteiger partial charge in [0.1, 0.15) is 17.8 Å².